The lowest BCUT2D eigenvalue weighted by Gasteiger charge is -2.28. The minimum Gasteiger partial charge on any atom is -0.464 e. The molecule has 2 aliphatic carbocycles. The molecule has 1 spiro atoms. The second-order valence-corrected chi connectivity index (χ2v) is 12.0. The minimum atomic E-state index is -0.754. The number of furan rings is 1. The van der Waals surface area contributed by atoms with Crippen molar-refractivity contribution in [3.05, 3.63) is 60.1 Å². The first-order chi connectivity index (χ1) is 18.9. The van der Waals surface area contributed by atoms with E-state index in [1.54, 1.807) is 23.3 Å². The largest absolute Gasteiger partial charge is 0.464 e. The van der Waals surface area contributed by atoms with Gasteiger partial charge in [0.15, 0.2) is 0 Å². The van der Waals surface area contributed by atoms with Gasteiger partial charge in [-0.3, -0.25) is 19.5 Å². The second kappa shape index (κ2) is 9.32. The SMILES string of the molecule is CC(CN1C(=O)C2(CCCC2)N=C1c1ccc(-c2ccc3occc3c2)cc1F)C1CCN(C(=O)C2CC2)C1. The van der Waals surface area contributed by atoms with Crippen LogP contribution < -0.4 is 0 Å². The summed E-state index contributed by atoms with van der Waals surface area (Å²) in [7, 11) is 0. The number of carbonyl (C=O) groups is 2. The summed E-state index contributed by atoms with van der Waals surface area (Å²) in [5.74, 6) is 1.13. The number of halogens is 1. The van der Waals surface area contributed by atoms with Gasteiger partial charge >= 0.3 is 0 Å². The summed E-state index contributed by atoms with van der Waals surface area (Å²) in [4.78, 5) is 35.2. The molecule has 0 N–H and O–H groups in total. The van der Waals surface area contributed by atoms with E-state index in [4.69, 9.17) is 9.41 Å². The molecule has 2 aromatic carbocycles. The molecule has 1 saturated heterocycles. The topological polar surface area (TPSA) is 66.1 Å². The van der Waals surface area contributed by atoms with Crippen LogP contribution >= 0.6 is 0 Å². The summed E-state index contributed by atoms with van der Waals surface area (Å²) in [6, 6.07) is 12.9. The highest BCUT2D eigenvalue weighted by atomic mass is 19.1. The Labute approximate surface area is 227 Å². The van der Waals surface area contributed by atoms with Crippen molar-refractivity contribution < 1.29 is 18.4 Å². The van der Waals surface area contributed by atoms with Gasteiger partial charge in [-0.25, -0.2) is 4.39 Å². The lowest BCUT2D eigenvalue weighted by Crippen LogP contribution is -2.44. The van der Waals surface area contributed by atoms with Crippen LogP contribution in [-0.4, -0.2) is 52.6 Å². The van der Waals surface area contributed by atoms with Crippen molar-refractivity contribution in [2.45, 2.75) is 57.4 Å². The maximum absolute atomic E-state index is 15.8. The number of nitrogens with zero attached hydrogens (tertiary/aromatic N) is 3. The Hall–Kier alpha value is -3.48. The Bertz CT molecular complexity index is 1480. The first-order valence-corrected chi connectivity index (χ1v) is 14.4. The van der Waals surface area contributed by atoms with E-state index in [2.05, 4.69) is 6.92 Å². The smallest absolute Gasteiger partial charge is 0.256 e. The Morgan fingerprint density at radius 2 is 1.87 bits per heavy atom. The molecule has 202 valence electrons. The van der Waals surface area contributed by atoms with E-state index in [1.165, 1.54) is 0 Å². The Morgan fingerprint density at radius 3 is 2.64 bits per heavy atom. The molecule has 7 rings (SSSR count). The third-order valence-electron chi connectivity index (χ3n) is 9.38. The van der Waals surface area contributed by atoms with Gasteiger partial charge in [-0.2, -0.15) is 0 Å². The molecule has 0 radical (unpaired) electrons. The fourth-order valence-corrected chi connectivity index (χ4v) is 6.82. The van der Waals surface area contributed by atoms with Crippen molar-refractivity contribution in [1.29, 1.82) is 0 Å². The summed E-state index contributed by atoms with van der Waals surface area (Å²) in [6.45, 7) is 4.20. The normalized spacial score (nSPS) is 23.3. The summed E-state index contributed by atoms with van der Waals surface area (Å²) in [6.07, 6.45) is 7.99. The van der Waals surface area contributed by atoms with Crippen LogP contribution in [0.4, 0.5) is 4.39 Å². The van der Waals surface area contributed by atoms with E-state index < -0.39 is 5.54 Å². The van der Waals surface area contributed by atoms with Crippen molar-refractivity contribution in [2.24, 2.45) is 22.7 Å². The van der Waals surface area contributed by atoms with E-state index in [0.29, 0.717) is 29.8 Å². The second-order valence-electron chi connectivity index (χ2n) is 12.0. The van der Waals surface area contributed by atoms with E-state index in [1.807, 2.05) is 35.2 Å². The van der Waals surface area contributed by atoms with Crippen LogP contribution in [-0.2, 0) is 9.59 Å². The van der Waals surface area contributed by atoms with E-state index in [9.17, 15) is 9.59 Å². The van der Waals surface area contributed by atoms with Crippen LogP contribution in [0.1, 0.15) is 57.4 Å². The lowest BCUT2D eigenvalue weighted by molar-refractivity contribution is -0.132. The number of fused-ring (bicyclic) bond motifs is 1. The molecule has 2 amide bonds. The summed E-state index contributed by atoms with van der Waals surface area (Å²) < 4.78 is 21.2. The van der Waals surface area contributed by atoms with Crippen molar-refractivity contribution in [2.75, 3.05) is 19.6 Å². The summed E-state index contributed by atoms with van der Waals surface area (Å²) >= 11 is 0. The third kappa shape index (κ3) is 4.26. The number of carbonyl (C=O) groups excluding carboxylic acids is 2. The maximum atomic E-state index is 15.8. The number of hydrogen-bond donors (Lipinski definition) is 0. The van der Waals surface area contributed by atoms with Gasteiger partial charge in [0.25, 0.3) is 5.91 Å². The molecule has 3 aromatic rings. The van der Waals surface area contributed by atoms with Crippen molar-refractivity contribution in [3.63, 3.8) is 0 Å². The van der Waals surface area contributed by atoms with Crippen LogP contribution in [0.25, 0.3) is 22.1 Å². The number of amidine groups is 1. The van der Waals surface area contributed by atoms with Crippen LogP contribution in [0.5, 0.6) is 0 Å². The Kier molecular flexibility index (Phi) is 5.87. The highest BCUT2D eigenvalue weighted by Gasteiger charge is 2.51. The molecule has 2 unspecified atom stereocenters. The molecule has 2 aliphatic heterocycles. The monoisotopic (exact) mass is 527 g/mol. The number of rotatable bonds is 6. The summed E-state index contributed by atoms with van der Waals surface area (Å²) in [5.41, 5.74) is 2.10. The molecule has 39 heavy (non-hydrogen) atoms. The lowest BCUT2D eigenvalue weighted by atomic mass is 9.91. The molecule has 7 heteroatoms. The van der Waals surface area contributed by atoms with Crippen molar-refractivity contribution >= 4 is 28.6 Å². The Morgan fingerprint density at radius 1 is 1.10 bits per heavy atom. The molecule has 2 atom stereocenters. The van der Waals surface area contributed by atoms with Gasteiger partial charge in [0.05, 0.1) is 11.8 Å². The van der Waals surface area contributed by atoms with Gasteiger partial charge < -0.3 is 9.32 Å². The highest BCUT2D eigenvalue weighted by Crippen LogP contribution is 2.41. The number of likely N-dealkylation sites (tertiary alicyclic amines) is 1. The van der Waals surface area contributed by atoms with Crippen LogP contribution in [0, 0.1) is 23.6 Å². The number of aliphatic imine (C=N–C) groups is 1. The average molecular weight is 528 g/mol. The van der Waals surface area contributed by atoms with Crippen LogP contribution in [0.2, 0.25) is 0 Å². The van der Waals surface area contributed by atoms with Gasteiger partial charge in [0, 0.05) is 30.9 Å². The minimum absolute atomic E-state index is 0.0136. The molecule has 6 nitrogen and oxygen atoms in total. The fourth-order valence-electron chi connectivity index (χ4n) is 6.82. The number of amides is 2. The standard InChI is InChI=1S/C32H34FN3O3/c1-20(25-10-14-35(19-25)30(37)21-4-5-21)18-36-29(34-32(31(36)38)12-2-3-13-32)26-8-6-23(17-27(26)33)22-7-9-28-24(16-22)11-15-39-28/h6-9,11,15-17,20-21,25H,2-5,10,12-14,18-19H2,1H3. The van der Waals surface area contributed by atoms with Crippen LogP contribution in [0.3, 0.4) is 0 Å². The predicted octanol–water partition coefficient (Wildman–Crippen LogP) is 6.04. The first-order valence-electron chi connectivity index (χ1n) is 14.4. The molecular formula is C32H34FN3O3. The van der Waals surface area contributed by atoms with E-state index >= 15 is 4.39 Å². The molecule has 3 heterocycles. The number of hydrogen-bond acceptors (Lipinski definition) is 4. The van der Waals surface area contributed by atoms with Gasteiger partial charge in [-0.1, -0.05) is 31.9 Å². The van der Waals surface area contributed by atoms with Gasteiger partial charge in [-0.05, 0) is 85.4 Å². The predicted molar refractivity (Wildman–Crippen MR) is 148 cm³/mol. The summed E-state index contributed by atoms with van der Waals surface area (Å²) in [5, 5.41) is 0.968. The van der Waals surface area contributed by atoms with Gasteiger partial charge in [0.2, 0.25) is 5.91 Å². The maximum Gasteiger partial charge on any atom is 0.256 e. The van der Waals surface area contributed by atoms with Crippen molar-refractivity contribution in [3.8, 4) is 11.1 Å². The third-order valence-corrected chi connectivity index (χ3v) is 9.38. The highest BCUT2D eigenvalue weighted by molar-refractivity contribution is 6.15. The van der Waals surface area contributed by atoms with Crippen molar-refractivity contribution in [1.82, 2.24) is 9.80 Å². The Balaban J connectivity index is 1.16. The van der Waals surface area contributed by atoms with E-state index in [-0.39, 0.29) is 23.6 Å². The molecule has 0 bridgehead atoms. The zero-order valence-electron chi connectivity index (χ0n) is 22.4. The average Bonchev–Trinajstić information content (AvgIpc) is 3.30. The molecule has 1 aromatic heterocycles. The molecule has 4 aliphatic rings. The molecular weight excluding hydrogens is 493 g/mol. The van der Waals surface area contributed by atoms with Crippen LogP contribution in [0.15, 0.2) is 58.1 Å². The first kappa shape index (κ1) is 24.6. The fraction of sp³-hybridized carbons (Fsp3) is 0.469. The zero-order valence-corrected chi connectivity index (χ0v) is 22.4. The van der Waals surface area contributed by atoms with Gasteiger partial charge in [-0.15, -0.1) is 0 Å². The zero-order chi connectivity index (χ0) is 26.7. The van der Waals surface area contributed by atoms with E-state index in [0.717, 1.165) is 80.1 Å². The van der Waals surface area contributed by atoms with Gasteiger partial charge in [0.1, 0.15) is 22.8 Å². The molecule has 2 saturated carbocycles. The molecule has 3 fully saturated rings. The quantitative estimate of drug-likeness (QED) is 0.393. The number of benzene rings is 2.